The van der Waals surface area contributed by atoms with Gasteiger partial charge in [-0.1, -0.05) is 11.3 Å². The number of aliphatic hydroxyl groups is 1. The monoisotopic (exact) mass is 582 g/mol. The van der Waals surface area contributed by atoms with Crippen LogP contribution in [0, 0.1) is 11.3 Å². The molecule has 42 heavy (non-hydrogen) atoms. The van der Waals surface area contributed by atoms with Crippen LogP contribution in [0.1, 0.15) is 87.6 Å². The Morgan fingerprint density at radius 3 is 2.55 bits per heavy atom. The highest BCUT2D eigenvalue weighted by Gasteiger charge is 2.48. The van der Waals surface area contributed by atoms with E-state index in [0.717, 1.165) is 102 Å². The molecule has 8 rings (SSSR count). The highest BCUT2D eigenvalue weighted by atomic mass is 32.1. The maximum Gasteiger partial charge on any atom is 0.217 e. The average Bonchev–Trinajstić information content (AvgIpc) is 3.66. The second kappa shape index (κ2) is 10.4. The lowest BCUT2D eigenvalue weighted by Gasteiger charge is -2.51. The average molecular weight is 583 g/mol. The summed E-state index contributed by atoms with van der Waals surface area (Å²) in [5.74, 6) is 0.373. The molecule has 216 valence electrons. The maximum absolute atomic E-state index is 11.5. The first-order valence-corrected chi connectivity index (χ1v) is 15.6. The van der Waals surface area contributed by atoms with Crippen LogP contribution in [0.3, 0.4) is 0 Å². The summed E-state index contributed by atoms with van der Waals surface area (Å²) >= 11 is 1.63. The van der Waals surface area contributed by atoms with E-state index in [9.17, 15) is 15.2 Å². The van der Waals surface area contributed by atoms with Crippen molar-refractivity contribution in [3.05, 3.63) is 47.2 Å². The van der Waals surface area contributed by atoms with E-state index in [1.165, 1.54) is 0 Å². The second-order valence-corrected chi connectivity index (χ2v) is 13.4. The van der Waals surface area contributed by atoms with Crippen LogP contribution in [0.2, 0.25) is 0 Å². The molecule has 10 nitrogen and oxygen atoms in total. The molecule has 0 atom stereocenters. The van der Waals surface area contributed by atoms with Crippen LogP contribution < -0.4 is 10.6 Å². The fourth-order valence-electron chi connectivity index (χ4n) is 7.04. The third-order valence-electron chi connectivity index (χ3n) is 9.56. The topological polar surface area (TPSA) is 141 Å². The number of hydrogen-bond donors (Lipinski definition) is 3. The zero-order chi connectivity index (χ0) is 28.9. The summed E-state index contributed by atoms with van der Waals surface area (Å²) in [6.07, 6.45) is 12.5. The molecule has 0 aromatic carbocycles. The number of hydrogen-bond acceptors (Lipinski definition) is 9. The molecule has 4 saturated carbocycles. The number of rotatable bonds is 6. The normalized spacial score (nSPS) is 27.1. The number of nitriles is 1. The second-order valence-electron chi connectivity index (χ2n) is 12.4. The quantitative estimate of drug-likeness (QED) is 0.282. The minimum absolute atomic E-state index is 0.0311. The third kappa shape index (κ3) is 5.03. The van der Waals surface area contributed by atoms with Crippen molar-refractivity contribution in [2.24, 2.45) is 0 Å². The molecule has 3 N–H and O–H groups in total. The zero-order valence-corrected chi connectivity index (χ0v) is 24.5. The molecule has 4 aliphatic rings. The van der Waals surface area contributed by atoms with Gasteiger partial charge in [0.2, 0.25) is 5.91 Å². The lowest BCUT2D eigenvalue weighted by atomic mass is 9.63. The van der Waals surface area contributed by atoms with Crippen LogP contribution in [0.5, 0.6) is 0 Å². The van der Waals surface area contributed by atoms with E-state index in [2.05, 4.69) is 38.1 Å². The van der Waals surface area contributed by atoms with Gasteiger partial charge >= 0.3 is 0 Å². The number of pyridine rings is 1. The molecule has 0 aliphatic heterocycles. The molecule has 0 saturated heterocycles. The van der Waals surface area contributed by atoms with Crippen LogP contribution in [0.4, 0.5) is 5.69 Å². The summed E-state index contributed by atoms with van der Waals surface area (Å²) in [4.78, 5) is 16.3. The van der Waals surface area contributed by atoms with Gasteiger partial charge in [0.05, 0.1) is 39.8 Å². The summed E-state index contributed by atoms with van der Waals surface area (Å²) in [7, 11) is 0. The van der Waals surface area contributed by atoms with Crippen molar-refractivity contribution in [3.8, 4) is 28.0 Å². The standard InChI is InChI=1S/C31H34N8O2S/c1-19(40)35-22-4-2-21(3-5-22)28-37-38-29(42-28)24-18-33-26(27-7-6-23-14-20(16-32)17-34-39(23)27)15-25(24)36-30-8-11-31(41,12-9-30)13-10-30/h6-7,14-15,17-18,21-22,41H,2-5,8-13H2,1H3,(H,33,36)(H,35,40)/t21-,22-,30?,31?. The third-order valence-corrected chi connectivity index (χ3v) is 10.7. The van der Waals surface area contributed by atoms with Crippen molar-refractivity contribution in [1.82, 2.24) is 30.1 Å². The fourth-order valence-corrected chi connectivity index (χ4v) is 8.08. The van der Waals surface area contributed by atoms with Gasteiger partial charge in [0.25, 0.3) is 0 Å². The highest BCUT2D eigenvalue weighted by molar-refractivity contribution is 7.14. The van der Waals surface area contributed by atoms with Crippen LogP contribution in [-0.2, 0) is 4.79 Å². The van der Waals surface area contributed by atoms with Gasteiger partial charge < -0.3 is 15.7 Å². The van der Waals surface area contributed by atoms with E-state index < -0.39 is 5.60 Å². The molecule has 1 amide bonds. The summed E-state index contributed by atoms with van der Waals surface area (Å²) < 4.78 is 1.81. The van der Waals surface area contributed by atoms with Gasteiger partial charge in [-0.15, -0.1) is 10.2 Å². The predicted octanol–water partition coefficient (Wildman–Crippen LogP) is 5.20. The SMILES string of the molecule is CC(=O)N[C@H]1CC[C@H](c2nnc(-c3cnc(-c4ccc5cc(C#N)cnn45)cc3NC34CCC(O)(CC3)CC4)s2)CC1. The highest BCUT2D eigenvalue weighted by Crippen LogP contribution is 2.49. The van der Waals surface area contributed by atoms with Crippen LogP contribution in [-0.4, -0.2) is 53.0 Å². The Balaban J connectivity index is 1.22. The molecular weight excluding hydrogens is 548 g/mol. The van der Waals surface area contributed by atoms with Crippen molar-refractivity contribution < 1.29 is 9.90 Å². The molecule has 0 radical (unpaired) electrons. The Labute approximate surface area is 248 Å². The van der Waals surface area contributed by atoms with E-state index in [-0.39, 0.29) is 17.5 Å². The first-order valence-electron chi connectivity index (χ1n) is 14.8. The number of fused-ring (bicyclic) bond motifs is 4. The number of nitrogens with one attached hydrogen (secondary N) is 2. The Bertz CT molecular complexity index is 1670. The molecule has 4 fully saturated rings. The summed E-state index contributed by atoms with van der Waals surface area (Å²) in [6.45, 7) is 1.58. The lowest BCUT2D eigenvalue weighted by Crippen LogP contribution is -2.53. The minimum Gasteiger partial charge on any atom is -0.390 e. The molecule has 0 spiro atoms. The first kappa shape index (κ1) is 27.0. The van der Waals surface area contributed by atoms with Gasteiger partial charge in [-0.25, -0.2) is 4.52 Å². The van der Waals surface area contributed by atoms with Gasteiger partial charge in [0.1, 0.15) is 11.1 Å². The predicted molar refractivity (Wildman–Crippen MR) is 160 cm³/mol. The number of amides is 1. The van der Waals surface area contributed by atoms with E-state index in [1.54, 1.807) is 24.5 Å². The molecular formula is C31H34N8O2S. The van der Waals surface area contributed by atoms with Crippen LogP contribution in [0.15, 0.2) is 36.7 Å². The minimum atomic E-state index is -0.512. The van der Waals surface area contributed by atoms with E-state index >= 15 is 0 Å². The van der Waals surface area contributed by atoms with Crippen molar-refractivity contribution in [2.45, 2.75) is 94.2 Å². The van der Waals surface area contributed by atoms with Gasteiger partial charge in [-0.05, 0) is 88.5 Å². The van der Waals surface area contributed by atoms with Crippen molar-refractivity contribution in [3.63, 3.8) is 0 Å². The van der Waals surface area contributed by atoms with E-state index in [4.69, 9.17) is 4.98 Å². The van der Waals surface area contributed by atoms with Crippen molar-refractivity contribution in [2.75, 3.05) is 5.32 Å². The lowest BCUT2D eigenvalue weighted by molar-refractivity contribution is -0.119. The zero-order valence-electron chi connectivity index (χ0n) is 23.6. The van der Waals surface area contributed by atoms with E-state index in [1.807, 2.05) is 28.9 Å². The fraction of sp³-hybridized carbons (Fsp3) is 0.484. The number of anilines is 1. The summed E-state index contributed by atoms with van der Waals surface area (Å²) in [5, 5.41) is 42.7. The first-order chi connectivity index (χ1) is 20.3. The van der Waals surface area contributed by atoms with Gasteiger partial charge in [0, 0.05) is 36.3 Å². The molecule has 4 aromatic heterocycles. The van der Waals surface area contributed by atoms with E-state index in [0.29, 0.717) is 11.5 Å². The molecule has 0 unspecified atom stereocenters. The summed E-state index contributed by atoms with van der Waals surface area (Å²) in [6, 6.07) is 10.2. The maximum atomic E-state index is 11.5. The smallest absolute Gasteiger partial charge is 0.217 e. The largest absolute Gasteiger partial charge is 0.390 e. The molecule has 2 bridgehead atoms. The van der Waals surface area contributed by atoms with Crippen LogP contribution in [0.25, 0.3) is 27.5 Å². The van der Waals surface area contributed by atoms with Gasteiger partial charge in [-0.2, -0.15) is 10.4 Å². The number of aromatic nitrogens is 5. The Kier molecular flexibility index (Phi) is 6.71. The molecule has 11 heteroatoms. The molecule has 4 heterocycles. The van der Waals surface area contributed by atoms with Gasteiger partial charge in [0.15, 0.2) is 5.01 Å². The Morgan fingerprint density at radius 2 is 1.83 bits per heavy atom. The number of nitrogens with zero attached hydrogens (tertiary/aromatic N) is 6. The Morgan fingerprint density at radius 1 is 1.07 bits per heavy atom. The Hall–Kier alpha value is -3.88. The van der Waals surface area contributed by atoms with Crippen molar-refractivity contribution >= 4 is 28.4 Å². The molecule has 4 aliphatic carbocycles. The van der Waals surface area contributed by atoms with Crippen LogP contribution >= 0.6 is 11.3 Å². The number of carbonyl (C=O) groups is 1. The molecule has 4 aromatic rings. The van der Waals surface area contributed by atoms with Crippen molar-refractivity contribution in [1.29, 1.82) is 5.26 Å². The van der Waals surface area contributed by atoms with Gasteiger partial charge in [-0.3, -0.25) is 9.78 Å². The number of carbonyl (C=O) groups excluding carboxylic acids is 1. The summed E-state index contributed by atoms with van der Waals surface area (Å²) in [5.41, 5.74) is 4.28.